The summed E-state index contributed by atoms with van der Waals surface area (Å²) in [7, 11) is 0. The molecule has 0 amide bonds. The molecule has 4 nitrogen and oxygen atoms in total. The van der Waals surface area contributed by atoms with E-state index in [1.807, 2.05) is 13.0 Å². The van der Waals surface area contributed by atoms with Crippen LogP contribution in [-0.2, 0) is 0 Å². The minimum atomic E-state index is -2.53. The van der Waals surface area contributed by atoms with Gasteiger partial charge in [0.15, 0.2) is 6.61 Å². The molecule has 1 aromatic carbocycles. The number of ether oxygens (including phenoxy) is 1. The first kappa shape index (κ1) is 13.5. The van der Waals surface area contributed by atoms with E-state index in [4.69, 9.17) is 4.74 Å². The van der Waals surface area contributed by atoms with E-state index < -0.39 is 13.0 Å². The largest absolute Gasteiger partial charge is 0.471 e. The summed E-state index contributed by atoms with van der Waals surface area (Å²) in [5.41, 5.74) is 0.667. The van der Waals surface area contributed by atoms with Crippen molar-refractivity contribution in [2.24, 2.45) is 0 Å². The molecule has 2 rings (SSSR count). The third kappa shape index (κ3) is 3.49. The number of nitrogens with one attached hydrogen (secondary N) is 1. The zero-order valence-electron chi connectivity index (χ0n) is 10.6. The highest BCUT2D eigenvalue weighted by molar-refractivity contribution is 5.84. The fourth-order valence-electron chi connectivity index (χ4n) is 1.62. The van der Waals surface area contributed by atoms with Gasteiger partial charge in [-0.15, -0.1) is 0 Å². The number of anilines is 1. The second-order valence-corrected chi connectivity index (χ2v) is 4.00. The van der Waals surface area contributed by atoms with Gasteiger partial charge in [0.05, 0.1) is 10.9 Å². The molecule has 0 unspecified atom stereocenters. The Labute approximate surface area is 109 Å². The standard InChI is InChI=1S/C13H15F2N3O/c1-2-7-16-13-17-10-6-4-3-5-9(10)12(18-13)19-8-11(14)15/h3-6,11H,2,7-8H2,1H3,(H,16,17,18). The van der Waals surface area contributed by atoms with Crippen LogP contribution in [0.4, 0.5) is 14.7 Å². The zero-order chi connectivity index (χ0) is 13.7. The molecular weight excluding hydrogens is 252 g/mol. The predicted octanol–water partition coefficient (Wildman–Crippen LogP) is 3.10. The van der Waals surface area contributed by atoms with E-state index in [2.05, 4.69) is 15.3 Å². The van der Waals surface area contributed by atoms with Crippen LogP contribution in [0, 0.1) is 0 Å². The molecule has 102 valence electrons. The molecule has 6 heteroatoms. The average molecular weight is 267 g/mol. The Bertz CT molecular complexity index is 548. The van der Waals surface area contributed by atoms with Crippen molar-refractivity contribution in [3.63, 3.8) is 0 Å². The molecule has 0 saturated carbocycles. The maximum absolute atomic E-state index is 12.2. The predicted molar refractivity (Wildman–Crippen MR) is 69.8 cm³/mol. The van der Waals surface area contributed by atoms with Crippen molar-refractivity contribution in [3.05, 3.63) is 24.3 Å². The van der Waals surface area contributed by atoms with Crippen molar-refractivity contribution in [1.29, 1.82) is 0 Å². The number of aromatic nitrogens is 2. The van der Waals surface area contributed by atoms with E-state index in [9.17, 15) is 8.78 Å². The summed E-state index contributed by atoms with van der Waals surface area (Å²) in [4.78, 5) is 8.44. The molecule has 0 saturated heterocycles. The second kappa shape index (κ2) is 6.26. The summed E-state index contributed by atoms with van der Waals surface area (Å²) in [6, 6.07) is 7.17. The Kier molecular flexibility index (Phi) is 4.43. The number of rotatable bonds is 6. The maximum atomic E-state index is 12.2. The Hall–Kier alpha value is -1.98. The molecule has 0 bridgehead atoms. The van der Waals surface area contributed by atoms with Crippen LogP contribution in [-0.4, -0.2) is 29.5 Å². The SMILES string of the molecule is CCCNc1nc(OCC(F)F)c2ccccc2n1. The number of fused-ring (bicyclic) bond motifs is 1. The Balaban J connectivity index is 2.33. The van der Waals surface area contributed by atoms with Gasteiger partial charge in [-0.25, -0.2) is 13.8 Å². The highest BCUT2D eigenvalue weighted by atomic mass is 19.3. The number of para-hydroxylation sites is 1. The highest BCUT2D eigenvalue weighted by Crippen LogP contribution is 2.24. The fourth-order valence-corrected chi connectivity index (χ4v) is 1.62. The lowest BCUT2D eigenvalue weighted by atomic mass is 10.2. The van der Waals surface area contributed by atoms with E-state index in [0.717, 1.165) is 6.42 Å². The first-order chi connectivity index (χ1) is 9.20. The molecule has 2 aromatic rings. The summed E-state index contributed by atoms with van der Waals surface area (Å²) < 4.78 is 29.5. The van der Waals surface area contributed by atoms with Gasteiger partial charge < -0.3 is 10.1 Å². The van der Waals surface area contributed by atoms with Gasteiger partial charge in [-0.2, -0.15) is 4.98 Å². The molecule has 0 aliphatic rings. The molecule has 0 radical (unpaired) electrons. The molecule has 0 aliphatic carbocycles. The minimum absolute atomic E-state index is 0.185. The molecule has 1 N–H and O–H groups in total. The Morgan fingerprint density at radius 1 is 1.26 bits per heavy atom. The van der Waals surface area contributed by atoms with Crippen LogP contribution in [0.5, 0.6) is 5.88 Å². The fraction of sp³-hybridized carbons (Fsp3) is 0.385. The Morgan fingerprint density at radius 2 is 2.05 bits per heavy atom. The van der Waals surface area contributed by atoms with Gasteiger partial charge in [0.25, 0.3) is 6.43 Å². The maximum Gasteiger partial charge on any atom is 0.272 e. The van der Waals surface area contributed by atoms with E-state index in [1.165, 1.54) is 0 Å². The smallest absolute Gasteiger partial charge is 0.272 e. The number of nitrogens with zero attached hydrogens (tertiary/aromatic N) is 2. The van der Waals surface area contributed by atoms with Crippen LogP contribution < -0.4 is 10.1 Å². The zero-order valence-corrected chi connectivity index (χ0v) is 10.6. The third-order valence-corrected chi connectivity index (χ3v) is 2.45. The highest BCUT2D eigenvalue weighted by Gasteiger charge is 2.11. The molecule has 1 heterocycles. The van der Waals surface area contributed by atoms with Crippen LogP contribution in [0.25, 0.3) is 10.9 Å². The first-order valence-electron chi connectivity index (χ1n) is 6.12. The van der Waals surface area contributed by atoms with Crippen LogP contribution in [0.2, 0.25) is 0 Å². The lowest BCUT2D eigenvalue weighted by Crippen LogP contribution is -2.10. The number of hydrogen-bond donors (Lipinski definition) is 1. The van der Waals surface area contributed by atoms with Crippen molar-refractivity contribution in [1.82, 2.24) is 9.97 Å². The van der Waals surface area contributed by atoms with E-state index >= 15 is 0 Å². The van der Waals surface area contributed by atoms with Gasteiger partial charge in [-0.3, -0.25) is 0 Å². The summed E-state index contributed by atoms with van der Waals surface area (Å²) in [5, 5.41) is 3.65. The second-order valence-electron chi connectivity index (χ2n) is 4.00. The van der Waals surface area contributed by atoms with Crippen molar-refractivity contribution in [2.75, 3.05) is 18.5 Å². The molecule has 1 aromatic heterocycles. The molecule has 0 atom stereocenters. The number of benzene rings is 1. The van der Waals surface area contributed by atoms with Gasteiger partial charge in [0.1, 0.15) is 0 Å². The van der Waals surface area contributed by atoms with Gasteiger partial charge in [-0.1, -0.05) is 19.1 Å². The summed E-state index contributed by atoms with van der Waals surface area (Å²) >= 11 is 0. The lowest BCUT2D eigenvalue weighted by molar-refractivity contribution is 0.0804. The third-order valence-electron chi connectivity index (χ3n) is 2.45. The van der Waals surface area contributed by atoms with Crippen LogP contribution >= 0.6 is 0 Å². The van der Waals surface area contributed by atoms with E-state index in [1.54, 1.807) is 18.2 Å². The van der Waals surface area contributed by atoms with Gasteiger partial charge >= 0.3 is 0 Å². The number of hydrogen-bond acceptors (Lipinski definition) is 4. The summed E-state index contributed by atoms with van der Waals surface area (Å²) in [5.74, 6) is 0.578. The van der Waals surface area contributed by atoms with Gasteiger partial charge in [0, 0.05) is 6.54 Å². The summed E-state index contributed by atoms with van der Waals surface area (Å²) in [6.45, 7) is 2.06. The summed E-state index contributed by atoms with van der Waals surface area (Å²) in [6.07, 6.45) is -1.61. The normalized spacial score (nSPS) is 10.9. The quantitative estimate of drug-likeness (QED) is 0.873. The van der Waals surface area contributed by atoms with Gasteiger partial charge in [0.2, 0.25) is 11.8 Å². The number of halogens is 2. The van der Waals surface area contributed by atoms with Crippen LogP contribution in [0.15, 0.2) is 24.3 Å². The lowest BCUT2D eigenvalue weighted by Gasteiger charge is -2.10. The topological polar surface area (TPSA) is 47.0 Å². The van der Waals surface area contributed by atoms with Crippen molar-refractivity contribution in [2.45, 2.75) is 19.8 Å². The van der Waals surface area contributed by atoms with E-state index in [-0.39, 0.29) is 5.88 Å². The molecule has 0 fully saturated rings. The molecule has 0 aliphatic heterocycles. The molecular formula is C13H15F2N3O. The average Bonchev–Trinajstić information content (AvgIpc) is 2.42. The monoisotopic (exact) mass is 267 g/mol. The minimum Gasteiger partial charge on any atom is -0.471 e. The van der Waals surface area contributed by atoms with Crippen LogP contribution in [0.3, 0.4) is 0 Å². The molecule has 19 heavy (non-hydrogen) atoms. The van der Waals surface area contributed by atoms with E-state index in [0.29, 0.717) is 23.4 Å². The Morgan fingerprint density at radius 3 is 2.79 bits per heavy atom. The van der Waals surface area contributed by atoms with Crippen molar-refractivity contribution in [3.8, 4) is 5.88 Å². The van der Waals surface area contributed by atoms with Crippen molar-refractivity contribution < 1.29 is 13.5 Å². The van der Waals surface area contributed by atoms with Crippen LogP contribution in [0.1, 0.15) is 13.3 Å². The van der Waals surface area contributed by atoms with Crippen molar-refractivity contribution >= 4 is 16.9 Å². The first-order valence-corrected chi connectivity index (χ1v) is 6.12. The number of alkyl halides is 2. The molecule has 0 spiro atoms. The van der Waals surface area contributed by atoms with Gasteiger partial charge in [-0.05, 0) is 18.6 Å².